The average molecular weight is 411 g/mol. The van der Waals surface area contributed by atoms with Gasteiger partial charge in [-0.2, -0.15) is 0 Å². The summed E-state index contributed by atoms with van der Waals surface area (Å²) in [6.45, 7) is 14.7. The van der Waals surface area contributed by atoms with Crippen molar-refractivity contribution in [3.05, 3.63) is 12.2 Å². The number of rotatable bonds is 5. The summed E-state index contributed by atoms with van der Waals surface area (Å²) in [7, 11) is 0. The number of allylic oxidation sites excluding steroid dienone is 2. The first-order valence-corrected chi connectivity index (χ1v) is 13.4. The normalized spacial score (nSPS) is 51.4. The summed E-state index contributed by atoms with van der Waals surface area (Å²) >= 11 is 0. The van der Waals surface area contributed by atoms with Crippen molar-refractivity contribution in [3.8, 4) is 0 Å². The Morgan fingerprint density at radius 3 is 2.43 bits per heavy atom. The first-order chi connectivity index (χ1) is 14.2. The average Bonchev–Trinajstić information content (AvgIpc) is 3.22. The highest BCUT2D eigenvalue weighted by Gasteiger charge is 2.77. The van der Waals surface area contributed by atoms with Crippen molar-refractivity contribution in [1.82, 2.24) is 0 Å². The minimum Gasteiger partial charge on any atom is -0.299 e. The molecule has 30 heavy (non-hydrogen) atoms. The van der Waals surface area contributed by atoms with Gasteiger partial charge in [-0.05, 0) is 110 Å². The molecule has 0 N–H and O–H groups in total. The summed E-state index contributed by atoms with van der Waals surface area (Å²) in [5.74, 6) is 6.69. The van der Waals surface area contributed by atoms with E-state index in [4.69, 9.17) is 0 Å². The number of fused-ring (bicyclic) bond motifs is 4. The third kappa shape index (κ3) is 2.62. The van der Waals surface area contributed by atoms with Crippen molar-refractivity contribution >= 4 is 5.78 Å². The summed E-state index contributed by atoms with van der Waals surface area (Å²) in [6, 6.07) is 0. The molecule has 1 unspecified atom stereocenters. The standard InChI is InChI=1S/C29H46O/c1-7-20(18(2)3)9-8-19(4)23-10-11-24-22-16-26(30)29-17-21(29)12-15-28(29,6)25(22)13-14-27(23,24)5/h8-9,18-25H,7,10-17H2,1-6H3/b9-8+/t19-,20?,21+,22+,23-,24+,25+,27-,28-,29+/m1/s1. The van der Waals surface area contributed by atoms with Crippen LogP contribution in [0.5, 0.6) is 0 Å². The zero-order valence-electron chi connectivity index (χ0n) is 20.5. The van der Waals surface area contributed by atoms with Crippen molar-refractivity contribution in [1.29, 1.82) is 0 Å². The van der Waals surface area contributed by atoms with Crippen LogP contribution in [-0.4, -0.2) is 5.78 Å². The number of carbonyl (C=O) groups excluding carboxylic acids is 1. The smallest absolute Gasteiger partial charge is 0.140 e. The van der Waals surface area contributed by atoms with Gasteiger partial charge in [-0.3, -0.25) is 4.79 Å². The number of Topliss-reactive ketones (excluding diaryl/α,β-unsaturated/α-hetero) is 1. The lowest BCUT2D eigenvalue weighted by Crippen LogP contribution is -2.55. The van der Waals surface area contributed by atoms with Crippen molar-refractivity contribution in [2.75, 3.05) is 0 Å². The second kappa shape index (κ2) is 6.95. The van der Waals surface area contributed by atoms with Gasteiger partial charge in [0.15, 0.2) is 0 Å². The van der Waals surface area contributed by atoms with Gasteiger partial charge in [0.25, 0.3) is 0 Å². The summed E-state index contributed by atoms with van der Waals surface area (Å²) in [4.78, 5) is 13.5. The number of ketones is 1. The highest BCUT2D eigenvalue weighted by molar-refractivity contribution is 5.91. The minimum absolute atomic E-state index is 0.141. The predicted octanol–water partition coefficient (Wildman–Crippen LogP) is 7.70. The molecule has 0 heterocycles. The fourth-order valence-corrected chi connectivity index (χ4v) is 10.2. The molecule has 0 aromatic heterocycles. The molecule has 0 radical (unpaired) electrons. The molecule has 168 valence electrons. The Bertz CT molecular complexity index is 735. The molecule has 5 fully saturated rings. The van der Waals surface area contributed by atoms with Crippen molar-refractivity contribution in [3.63, 3.8) is 0 Å². The number of carbonyl (C=O) groups is 1. The van der Waals surface area contributed by atoms with Crippen molar-refractivity contribution < 1.29 is 4.79 Å². The van der Waals surface area contributed by atoms with Gasteiger partial charge in [0.2, 0.25) is 0 Å². The quantitative estimate of drug-likeness (QED) is 0.424. The Hall–Kier alpha value is -0.590. The lowest BCUT2D eigenvalue weighted by molar-refractivity contribution is -0.151. The van der Waals surface area contributed by atoms with Gasteiger partial charge in [-0.1, -0.05) is 53.7 Å². The van der Waals surface area contributed by atoms with Crippen molar-refractivity contribution in [2.24, 2.45) is 63.6 Å². The molecule has 1 nitrogen and oxygen atoms in total. The first-order valence-electron chi connectivity index (χ1n) is 13.4. The Morgan fingerprint density at radius 2 is 1.77 bits per heavy atom. The third-order valence-electron chi connectivity index (χ3n) is 12.0. The van der Waals surface area contributed by atoms with E-state index in [2.05, 4.69) is 53.7 Å². The maximum absolute atomic E-state index is 13.5. The van der Waals surface area contributed by atoms with E-state index in [-0.39, 0.29) is 5.41 Å². The van der Waals surface area contributed by atoms with E-state index in [9.17, 15) is 4.79 Å². The molecule has 5 saturated carbocycles. The highest BCUT2D eigenvalue weighted by atomic mass is 16.1. The van der Waals surface area contributed by atoms with Crippen LogP contribution < -0.4 is 0 Å². The Labute approximate surface area is 185 Å². The molecule has 0 amide bonds. The van der Waals surface area contributed by atoms with Crippen molar-refractivity contribution in [2.45, 2.75) is 99.3 Å². The second-order valence-corrected chi connectivity index (χ2v) is 13.1. The molecule has 0 aromatic rings. The Morgan fingerprint density at radius 1 is 1.00 bits per heavy atom. The number of hydrogen-bond acceptors (Lipinski definition) is 1. The molecule has 0 aliphatic heterocycles. The van der Waals surface area contributed by atoms with E-state index >= 15 is 0 Å². The monoisotopic (exact) mass is 410 g/mol. The Balaban J connectivity index is 1.37. The van der Waals surface area contributed by atoms with Crippen LogP contribution in [0.15, 0.2) is 12.2 Å². The SMILES string of the molecule is CCC(/C=C/[C@@H](C)[C@H]1CC[C@H]2[C@@H]3CC(=O)[C@]45C[C@@H]4CC[C@]5(C)[C@H]3CC[C@]12C)C(C)C. The molecule has 0 saturated heterocycles. The molecule has 5 aliphatic carbocycles. The zero-order valence-corrected chi connectivity index (χ0v) is 20.5. The van der Waals surface area contributed by atoms with Crippen LogP contribution in [0.1, 0.15) is 99.3 Å². The fraction of sp³-hybridized carbons (Fsp3) is 0.897. The second-order valence-electron chi connectivity index (χ2n) is 13.1. The molecule has 5 aliphatic rings. The van der Waals surface area contributed by atoms with Crippen LogP contribution in [0.25, 0.3) is 0 Å². The Kier molecular flexibility index (Phi) is 4.93. The third-order valence-corrected chi connectivity index (χ3v) is 12.0. The van der Waals surface area contributed by atoms with E-state index in [0.717, 1.165) is 36.0 Å². The van der Waals surface area contributed by atoms with E-state index in [1.54, 1.807) is 0 Å². The first kappa shape index (κ1) is 21.3. The van der Waals surface area contributed by atoms with Gasteiger partial charge in [0.1, 0.15) is 5.78 Å². The molecule has 1 spiro atoms. The van der Waals surface area contributed by atoms with Crippen LogP contribution in [0.3, 0.4) is 0 Å². The topological polar surface area (TPSA) is 17.1 Å². The van der Waals surface area contributed by atoms with Gasteiger partial charge < -0.3 is 0 Å². The lowest BCUT2D eigenvalue weighted by Gasteiger charge is -2.58. The largest absolute Gasteiger partial charge is 0.299 e. The molecule has 1 heteroatoms. The van der Waals surface area contributed by atoms with Gasteiger partial charge in [-0.15, -0.1) is 0 Å². The van der Waals surface area contributed by atoms with Gasteiger partial charge in [0.05, 0.1) is 0 Å². The lowest BCUT2D eigenvalue weighted by atomic mass is 9.45. The molecule has 10 atom stereocenters. The van der Waals surface area contributed by atoms with Gasteiger partial charge in [0, 0.05) is 11.8 Å². The van der Waals surface area contributed by atoms with Crippen LogP contribution in [0.4, 0.5) is 0 Å². The van der Waals surface area contributed by atoms with Crippen LogP contribution in [0.2, 0.25) is 0 Å². The fourth-order valence-electron chi connectivity index (χ4n) is 10.2. The molecular formula is C29H46O. The van der Waals surface area contributed by atoms with Crippen LogP contribution >= 0.6 is 0 Å². The summed E-state index contributed by atoms with van der Waals surface area (Å²) in [6.07, 6.45) is 16.8. The number of hydrogen-bond donors (Lipinski definition) is 0. The minimum atomic E-state index is 0.141. The molecule has 0 aromatic carbocycles. The molecular weight excluding hydrogens is 364 g/mol. The van der Waals surface area contributed by atoms with Crippen LogP contribution in [-0.2, 0) is 4.79 Å². The molecule has 0 bridgehead atoms. The predicted molar refractivity (Wildman–Crippen MR) is 125 cm³/mol. The summed E-state index contributed by atoms with van der Waals surface area (Å²) < 4.78 is 0. The summed E-state index contributed by atoms with van der Waals surface area (Å²) in [5.41, 5.74) is 0.934. The maximum Gasteiger partial charge on any atom is 0.140 e. The van der Waals surface area contributed by atoms with Gasteiger partial charge >= 0.3 is 0 Å². The summed E-state index contributed by atoms with van der Waals surface area (Å²) in [5, 5.41) is 0. The van der Waals surface area contributed by atoms with E-state index in [1.165, 1.54) is 51.4 Å². The van der Waals surface area contributed by atoms with E-state index in [1.807, 2.05) is 0 Å². The zero-order chi connectivity index (χ0) is 21.5. The van der Waals surface area contributed by atoms with E-state index < -0.39 is 0 Å². The van der Waals surface area contributed by atoms with E-state index in [0.29, 0.717) is 34.4 Å². The highest BCUT2D eigenvalue weighted by Crippen LogP contribution is 2.80. The van der Waals surface area contributed by atoms with Gasteiger partial charge in [-0.25, -0.2) is 0 Å². The maximum atomic E-state index is 13.5. The molecule has 5 rings (SSSR count). The van der Waals surface area contributed by atoms with Crippen LogP contribution in [0, 0.1) is 63.6 Å².